The lowest BCUT2D eigenvalue weighted by molar-refractivity contribution is 0.544. The fourth-order valence-electron chi connectivity index (χ4n) is 1.37. The first-order chi connectivity index (χ1) is 8.49. The van der Waals surface area contributed by atoms with Crippen LogP contribution < -0.4 is 0 Å². The van der Waals surface area contributed by atoms with E-state index in [-0.39, 0.29) is 0 Å². The molecular weight excluding hydrogens is 216 g/mol. The molecule has 0 unspecified atom stereocenters. The number of rotatable bonds is 7. The molecule has 0 aromatic heterocycles. The summed E-state index contributed by atoms with van der Waals surface area (Å²) in [7, 11) is 0. The third-order valence-electron chi connectivity index (χ3n) is 3.22. The molecular formula is C18H42. The maximum atomic E-state index is 2.28. The van der Waals surface area contributed by atoms with Crippen molar-refractivity contribution in [2.75, 3.05) is 0 Å². The first-order valence-electron chi connectivity index (χ1n) is 8.49. The topological polar surface area (TPSA) is 0 Å². The molecule has 0 aliphatic heterocycles. The van der Waals surface area contributed by atoms with Crippen molar-refractivity contribution in [3.63, 3.8) is 0 Å². The zero-order valence-electron chi connectivity index (χ0n) is 14.8. The second-order valence-electron chi connectivity index (χ2n) is 5.81. The van der Waals surface area contributed by atoms with Crippen LogP contribution in [0.4, 0.5) is 0 Å². The molecule has 0 fully saturated rings. The molecule has 0 rings (SSSR count). The minimum Gasteiger partial charge on any atom is -0.0654 e. The molecule has 0 atom stereocenters. The molecule has 0 heteroatoms. The van der Waals surface area contributed by atoms with E-state index in [4.69, 9.17) is 0 Å². The van der Waals surface area contributed by atoms with Crippen LogP contribution in [0, 0.1) is 11.8 Å². The highest BCUT2D eigenvalue weighted by atomic mass is 13.9. The van der Waals surface area contributed by atoms with Crippen LogP contribution in [0.25, 0.3) is 0 Å². The molecule has 0 aliphatic carbocycles. The van der Waals surface area contributed by atoms with E-state index >= 15 is 0 Å². The summed E-state index contributed by atoms with van der Waals surface area (Å²) in [6.07, 6.45) is 10.9. The highest BCUT2D eigenvalue weighted by Crippen LogP contribution is 2.03. The fourth-order valence-corrected chi connectivity index (χ4v) is 1.37. The molecule has 0 bridgehead atoms. The first kappa shape index (κ1) is 23.1. The van der Waals surface area contributed by atoms with Crippen molar-refractivity contribution in [2.45, 2.75) is 107 Å². The van der Waals surface area contributed by atoms with Crippen molar-refractivity contribution in [3.05, 3.63) is 0 Å². The van der Waals surface area contributed by atoms with Crippen LogP contribution in [0.5, 0.6) is 0 Å². The summed E-state index contributed by atoms with van der Waals surface area (Å²) in [6.45, 7) is 17.9. The molecule has 0 aromatic rings. The zero-order valence-corrected chi connectivity index (χ0v) is 14.8. The summed E-state index contributed by atoms with van der Waals surface area (Å²) in [4.78, 5) is 0. The second kappa shape index (κ2) is 22.2. The SMILES string of the molecule is CCC(C)CC.CCCC(C)C.CCCCCC. The van der Waals surface area contributed by atoms with Gasteiger partial charge in [-0.15, -0.1) is 0 Å². The molecule has 18 heavy (non-hydrogen) atoms. The van der Waals surface area contributed by atoms with Gasteiger partial charge in [-0.05, 0) is 11.8 Å². The third kappa shape index (κ3) is 36.0. The quantitative estimate of drug-likeness (QED) is 0.415. The molecule has 0 spiro atoms. The largest absolute Gasteiger partial charge is 0.0654 e. The van der Waals surface area contributed by atoms with Crippen LogP contribution >= 0.6 is 0 Å². The van der Waals surface area contributed by atoms with Crippen LogP contribution in [-0.2, 0) is 0 Å². The summed E-state index contributed by atoms with van der Waals surface area (Å²) in [5.74, 6) is 1.83. The number of unbranched alkanes of at least 4 members (excludes halogenated alkanes) is 3. The van der Waals surface area contributed by atoms with Gasteiger partial charge in [-0.1, -0.05) is 107 Å². The minimum absolute atomic E-state index is 0.898. The summed E-state index contributed by atoms with van der Waals surface area (Å²) in [5.41, 5.74) is 0. The van der Waals surface area contributed by atoms with Gasteiger partial charge in [0.2, 0.25) is 0 Å². The number of hydrogen-bond donors (Lipinski definition) is 0. The Hall–Kier alpha value is 0. The predicted octanol–water partition coefficient (Wildman–Crippen LogP) is 7.47. The van der Waals surface area contributed by atoms with Gasteiger partial charge < -0.3 is 0 Å². The van der Waals surface area contributed by atoms with Crippen LogP contribution in [0.15, 0.2) is 0 Å². The average Bonchev–Trinajstić information content (AvgIpc) is 2.36. The van der Waals surface area contributed by atoms with Gasteiger partial charge in [0, 0.05) is 0 Å². The van der Waals surface area contributed by atoms with Gasteiger partial charge >= 0.3 is 0 Å². The van der Waals surface area contributed by atoms with E-state index in [1.807, 2.05) is 0 Å². The van der Waals surface area contributed by atoms with Crippen molar-refractivity contribution in [1.29, 1.82) is 0 Å². The van der Waals surface area contributed by atoms with Crippen molar-refractivity contribution in [3.8, 4) is 0 Å². The van der Waals surface area contributed by atoms with Gasteiger partial charge in [0.15, 0.2) is 0 Å². The van der Waals surface area contributed by atoms with Crippen LogP contribution in [-0.4, -0.2) is 0 Å². The van der Waals surface area contributed by atoms with E-state index in [9.17, 15) is 0 Å². The molecule has 0 radical (unpaired) electrons. The van der Waals surface area contributed by atoms with E-state index in [0.29, 0.717) is 0 Å². The molecule has 0 saturated heterocycles. The lowest BCUT2D eigenvalue weighted by atomic mass is 10.1. The van der Waals surface area contributed by atoms with E-state index in [1.165, 1.54) is 51.4 Å². The smallest absolute Gasteiger partial charge is 0.0448 e. The fraction of sp³-hybridized carbons (Fsp3) is 1.00. The van der Waals surface area contributed by atoms with E-state index in [2.05, 4.69) is 55.4 Å². The molecule has 0 amide bonds. The molecule has 0 heterocycles. The third-order valence-corrected chi connectivity index (χ3v) is 3.22. The molecule has 0 nitrogen and oxygen atoms in total. The monoisotopic (exact) mass is 258 g/mol. The Kier molecular flexibility index (Phi) is 28.5. The summed E-state index contributed by atoms with van der Waals surface area (Å²) in [5, 5.41) is 0. The summed E-state index contributed by atoms with van der Waals surface area (Å²) < 4.78 is 0. The minimum atomic E-state index is 0.898. The van der Waals surface area contributed by atoms with Crippen molar-refractivity contribution in [2.24, 2.45) is 11.8 Å². The normalized spacial score (nSPS) is 9.67. The van der Waals surface area contributed by atoms with Crippen molar-refractivity contribution in [1.82, 2.24) is 0 Å². The standard InChI is InChI=1S/3C6H14/c1-4-5-6(2)3;1-4-6(3)5-2;1-3-5-6-4-2/h2*6H,4-5H2,1-3H3;3-6H2,1-2H3. The molecule has 0 aromatic carbocycles. The van der Waals surface area contributed by atoms with Gasteiger partial charge in [-0.3, -0.25) is 0 Å². The average molecular weight is 259 g/mol. The Morgan fingerprint density at radius 3 is 1.06 bits per heavy atom. The second-order valence-corrected chi connectivity index (χ2v) is 5.81. The maximum Gasteiger partial charge on any atom is -0.0448 e. The highest BCUT2D eigenvalue weighted by molar-refractivity contribution is 4.41. The van der Waals surface area contributed by atoms with E-state index in [1.54, 1.807) is 0 Å². The summed E-state index contributed by atoms with van der Waals surface area (Å²) >= 11 is 0. The molecule has 0 N–H and O–H groups in total. The Morgan fingerprint density at radius 1 is 0.611 bits per heavy atom. The molecule has 0 aliphatic rings. The van der Waals surface area contributed by atoms with E-state index in [0.717, 1.165) is 11.8 Å². The predicted molar refractivity (Wildman–Crippen MR) is 89.3 cm³/mol. The van der Waals surface area contributed by atoms with Gasteiger partial charge in [0.05, 0.1) is 0 Å². The van der Waals surface area contributed by atoms with Crippen molar-refractivity contribution >= 4 is 0 Å². The zero-order chi connectivity index (χ0) is 14.8. The van der Waals surface area contributed by atoms with Gasteiger partial charge in [0.25, 0.3) is 0 Å². The Morgan fingerprint density at radius 2 is 1.00 bits per heavy atom. The van der Waals surface area contributed by atoms with Gasteiger partial charge in [0.1, 0.15) is 0 Å². The molecule has 114 valence electrons. The lowest BCUT2D eigenvalue weighted by Gasteiger charge is -1.98. The molecule has 0 saturated carbocycles. The Bertz CT molecular complexity index is 96.6. The van der Waals surface area contributed by atoms with Crippen LogP contribution in [0.2, 0.25) is 0 Å². The lowest BCUT2D eigenvalue weighted by Crippen LogP contribution is -1.85. The Balaban J connectivity index is -0.000000187. The van der Waals surface area contributed by atoms with Gasteiger partial charge in [-0.2, -0.15) is 0 Å². The van der Waals surface area contributed by atoms with Crippen molar-refractivity contribution < 1.29 is 0 Å². The Labute approximate surface area is 119 Å². The van der Waals surface area contributed by atoms with E-state index < -0.39 is 0 Å². The first-order valence-corrected chi connectivity index (χ1v) is 8.49. The maximum absolute atomic E-state index is 2.28. The van der Waals surface area contributed by atoms with Crippen LogP contribution in [0.1, 0.15) is 107 Å². The highest BCUT2D eigenvalue weighted by Gasteiger charge is 1.88. The van der Waals surface area contributed by atoms with Crippen LogP contribution in [0.3, 0.4) is 0 Å². The summed E-state index contributed by atoms with van der Waals surface area (Å²) in [6, 6.07) is 0. The van der Waals surface area contributed by atoms with Gasteiger partial charge in [-0.25, -0.2) is 0 Å². The number of hydrogen-bond acceptors (Lipinski definition) is 0.